The van der Waals surface area contributed by atoms with E-state index in [1.165, 1.54) is 18.0 Å². The largest absolute Gasteiger partial charge is 0.324 e. The van der Waals surface area contributed by atoms with E-state index < -0.39 is 0 Å². The highest BCUT2D eigenvalue weighted by Gasteiger charge is 1.98. The first kappa shape index (κ1) is 11.3. The molecule has 2 rings (SSSR count). The maximum atomic E-state index is 10.4. The van der Waals surface area contributed by atoms with Crippen LogP contribution in [0.2, 0.25) is 0 Å². The zero-order chi connectivity index (χ0) is 12.1. The molecule has 0 saturated heterocycles. The zero-order valence-electron chi connectivity index (χ0n) is 9.55. The summed E-state index contributed by atoms with van der Waals surface area (Å²) in [6.07, 6.45) is 4.72. The van der Waals surface area contributed by atoms with Gasteiger partial charge in [-0.25, -0.2) is 9.97 Å². The zero-order valence-corrected chi connectivity index (χ0v) is 9.55. The summed E-state index contributed by atoms with van der Waals surface area (Å²) in [6.45, 7) is 2.11. The van der Waals surface area contributed by atoms with Gasteiger partial charge < -0.3 is 5.32 Å². The minimum absolute atomic E-state index is 0.469. The van der Waals surface area contributed by atoms with Crippen molar-refractivity contribution < 1.29 is 4.79 Å². The highest BCUT2D eigenvalue weighted by Crippen LogP contribution is 2.13. The third kappa shape index (κ3) is 2.87. The molecule has 0 unspecified atom stereocenters. The number of anilines is 2. The lowest BCUT2D eigenvalue weighted by Crippen LogP contribution is -1.97. The van der Waals surface area contributed by atoms with Crippen LogP contribution in [0.15, 0.2) is 36.7 Å². The Bertz CT molecular complexity index is 491. The quantitative estimate of drug-likeness (QED) is 0.816. The molecule has 0 fully saturated rings. The summed E-state index contributed by atoms with van der Waals surface area (Å²) in [5.74, 6) is 0.486. The van der Waals surface area contributed by atoms with Crippen molar-refractivity contribution >= 4 is 17.9 Å². The fourth-order valence-corrected chi connectivity index (χ4v) is 1.42. The number of hydrogen-bond acceptors (Lipinski definition) is 4. The third-order valence-corrected chi connectivity index (χ3v) is 2.43. The van der Waals surface area contributed by atoms with Crippen LogP contribution in [0, 0.1) is 0 Å². The van der Waals surface area contributed by atoms with Crippen LogP contribution in [0.25, 0.3) is 0 Å². The number of benzene rings is 1. The van der Waals surface area contributed by atoms with Gasteiger partial charge in [-0.05, 0) is 24.1 Å². The number of rotatable bonds is 4. The molecule has 0 aliphatic rings. The molecular weight excluding hydrogens is 214 g/mol. The number of carbonyl (C=O) groups is 1. The predicted octanol–water partition coefficient (Wildman–Crippen LogP) is 2.60. The topological polar surface area (TPSA) is 54.9 Å². The summed E-state index contributed by atoms with van der Waals surface area (Å²) >= 11 is 0. The average Bonchev–Trinajstić information content (AvgIpc) is 2.40. The van der Waals surface area contributed by atoms with Crippen LogP contribution in [0.3, 0.4) is 0 Å². The Morgan fingerprint density at radius 2 is 1.82 bits per heavy atom. The first-order valence-corrected chi connectivity index (χ1v) is 5.45. The van der Waals surface area contributed by atoms with Crippen LogP contribution in [-0.4, -0.2) is 16.3 Å². The van der Waals surface area contributed by atoms with Crippen molar-refractivity contribution in [2.75, 3.05) is 5.32 Å². The van der Waals surface area contributed by atoms with Crippen LogP contribution in [0.4, 0.5) is 11.6 Å². The smallest absolute Gasteiger partial charge is 0.227 e. The van der Waals surface area contributed by atoms with Crippen molar-refractivity contribution in [2.45, 2.75) is 13.3 Å². The van der Waals surface area contributed by atoms with Gasteiger partial charge in [0.25, 0.3) is 0 Å². The molecule has 0 atom stereocenters. The van der Waals surface area contributed by atoms with E-state index in [0.717, 1.165) is 18.4 Å². The number of aryl methyl sites for hydroxylation is 1. The van der Waals surface area contributed by atoms with E-state index in [-0.39, 0.29) is 0 Å². The van der Waals surface area contributed by atoms with Gasteiger partial charge >= 0.3 is 0 Å². The predicted molar refractivity (Wildman–Crippen MR) is 66.5 cm³/mol. The van der Waals surface area contributed by atoms with Crippen molar-refractivity contribution in [3.8, 4) is 0 Å². The molecule has 17 heavy (non-hydrogen) atoms. The van der Waals surface area contributed by atoms with Crippen molar-refractivity contribution in [2.24, 2.45) is 0 Å². The standard InChI is InChI=1S/C13H13N3O/c1-2-10-3-5-12(6-4-10)16-13-14-7-11(9-17)8-15-13/h3-9H,2H2,1H3,(H,14,15,16). The number of carbonyl (C=O) groups excluding carboxylic acids is 1. The summed E-state index contributed by atoms with van der Waals surface area (Å²) < 4.78 is 0. The summed E-state index contributed by atoms with van der Waals surface area (Å²) in [5.41, 5.74) is 2.69. The molecule has 0 saturated carbocycles. The lowest BCUT2D eigenvalue weighted by atomic mass is 10.1. The number of aromatic nitrogens is 2. The summed E-state index contributed by atoms with van der Waals surface area (Å²) in [5, 5.41) is 3.07. The highest BCUT2D eigenvalue weighted by atomic mass is 16.1. The molecule has 4 nitrogen and oxygen atoms in total. The monoisotopic (exact) mass is 227 g/mol. The molecule has 0 amide bonds. The fourth-order valence-electron chi connectivity index (χ4n) is 1.42. The molecule has 0 radical (unpaired) electrons. The second kappa shape index (κ2) is 5.21. The number of nitrogens with zero attached hydrogens (tertiary/aromatic N) is 2. The van der Waals surface area contributed by atoms with E-state index in [4.69, 9.17) is 0 Å². The molecule has 1 heterocycles. The van der Waals surface area contributed by atoms with Crippen molar-refractivity contribution in [3.05, 3.63) is 47.8 Å². The maximum Gasteiger partial charge on any atom is 0.227 e. The lowest BCUT2D eigenvalue weighted by molar-refractivity contribution is 0.112. The fraction of sp³-hybridized carbons (Fsp3) is 0.154. The van der Waals surface area contributed by atoms with Gasteiger partial charge in [-0.2, -0.15) is 0 Å². The normalized spacial score (nSPS) is 9.94. The number of hydrogen-bond donors (Lipinski definition) is 1. The lowest BCUT2D eigenvalue weighted by Gasteiger charge is -2.05. The Balaban J connectivity index is 2.10. The molecule has 1 aromatic carbocycles. The number of aldehydes is 1. The van der Waals surface area contributed by atoms with Gasteiger partial charge in [-0.15, -0.1) is 0 Å². The number of nitrogens with one attached hydrogen (secondary N) is 1. The van der Waals surface area contributed by atoms with Crippen molar-refractivity contribution in [1.82, 2.24) is 9.97 Å². The molecule has 0 bridgehead atoms. The van der Waals surface area contributed by atoms with E-state index >= 15 is 0 Å². The van der Waals surface area contributed by atoms with Crippen LogP contribution >= 0.6 is 0 Å². The Hall–Kier alpha value is -2.23. The Morgan fingerprint density at radius 3 is 2.35 bits per heavy atom. The average molecular weight is 227 g/mol. The minimum Gasteiger partial charge on any atom is -0.324 e. The summed E-state index contributed by atoms with van der Waals surface area (Å²) in [4.78, 5) is 18.5. The SMILES string of the molecule is CCc1ccc(Nc2ncc(C=O)cn2)cc1. The van der Waals surface area contributed by atoms with Crippen molar-refractivity contribution in [3.63, 3.8) is 0 Å². The maximum absolute atomic E-state index is 10.4. The minimum atomic E-state index is 0.469. The highest BCUT2D eigenvalue weighted by molar-refractivity contribution is 5.73. The molecule has 0 aliphatic heterocycles. The molecular formula is C13H13N3O. The second-order valence-electron chi connectivity index (χ2n) is 3.63. The molecule has 1 aromatic heterocycles. The second-order valence-corrected chi connectivity index (χ2v) is 3.63. The molecule has 86 valence electrons. The van der Waals surface area contributed by atoms with Gasteiger partial charge in [-0.3, -0.25) is 4.79 Å². The van der Waals surface area contributed by atoms with Crippen LogP contribution in [0.1, 0.15) is 22.8 Å². The molecule has 0 spiro atoms. The van der Waals surface area contributed by atoms with E-state index in [9.17, 15) is 4.79 Å². The van der Waals surface area contributed by atoms with E-state index in [2.05, 4.69) is 34.3 Å². The van der Waals surface area contributed by atoms with E-state index in [1.54, 1.807) is 0 Å². The first-order chi connectivity index (χ1) is 8.31. The van der Waals surface area contributed by atoms with Crippen molar-refractivity contribution in [1.29, 1.82) is 0 Å². The third-order valence-electron chi connectivity index (χ3n) is 2.43. The molecule has 2 aromatic rings. The first-order valence-electron chi connectivity index (χ1n) is 5.45. The Kier molecular flexibility index (Phi) is 3.45. The van der Waals surface area contributed by atoms with Crippen LogP contribution in [0.5, 0.6) is 0 Å². The van der Waals surface area contributed by atoms with Gasteiger partial charge in [-0.1, -0.05) is 19.1 Å². The van der Waals surface area contributed by atoms with E-state index in [0.29, 0.717) is 11.5 Å². The molecule has 1 N–H and O–H groups in total. The van der Waals surface area contributed by atoms with Gasteiger partial charge in [0.2, 0.25) is 5.95 Å². The van der Waals surface area contributed by atoms with Gasteiger partial charge in [0.15, 0.2) is 6.29 Å². The van der Waals surface area contributed by atoms with Crippen LogP contribution < -0.4 is 5.32 Å². The van der Waals surface area contributed by atoms with Crippen LogP contribution in [-0.2, 0) is 6.42 Å². The molecule has 4 heteroatoms. The van der Waals surface area contributed by atoms with E-state index in [1.807, 2.05) is 12.1 Å². The van der Waals surface area contributed by atoms with Gasteiger partial charge in [0.1, 0.15) is 0 Å². The van der Waals surface area contributed by atoms with Gasteiger partial charge in [0, 0.05) is 18.1 Å². The summed E-state index contributed by atoms with van der Waals surface area (Å²) in [6, 6.07) is 8.08. The Labute approximate surface area is 99.7 Å². The summed E-state index contributed by atoms with van der Waals surface area (Å²) in [7, 11) is 0. The molecule has 0 aliphatic carbocycles. The Morgan fingerprint density at radius 1 is 1.18 bits per heavy atom. The van der Waals surface area contributed by atoms with Gasteiger partial charge in [0.05, 0.1) is 5.56 Å².